The first-order valence-corrected chi connectivity index (χ1v) is 9.60. The maximum Gasteiger partial charge on any atom is 0.306 e. The van der Waals surface area contributed by atoms with Crippen LogP contribution in [0.1, 0.15) is 36.9 Å². The van der Waals surface area contributed by atoms with Crippen molar-refractivity contribution in [1.82, 2.24) is 15.2 Å². The minimum atomic E-state index is -1.08. The van der Waals surface area contributed by atoms with Crippen molar-refractivity contribution >= 4 is 23.6 Å². The predicted molar refractivity (Wildman–Crippen MR) is 108 cm³/mol. The Labute approximate surface area is 170 Å². The fourth-order valence-electron chi connectivity index (χ4n) is 3.09. The summed E-state index contributed by atoms with van der Waals surface area (Å²) in [4.78, 5) is 39.0. The van der Waals surface area contributed by atoms with Crippen LogP contribution in [0, 0.1) is 12.3 Å². The van der Waals surface area contributed by atoms with Crippen LogP contribution in [0.25, 0.3) is 0 Å². The van der Waals surface area contributed by atoms with Crippen LogP contribution >= 0.6 is 0 Å². The van der Waals surface area contributed by atoms with Crippen LogP contribution in [0.15, 0.2) is 12.1 Å². The highest BCUT2D eigenvalue weighted by Crippen LogP contribution is 2.19. The van der Waals surface area contributed by atoms with Gasteiger partial charge in [-0.3, -0.25) is 14.4 Å². The molecular weight excluding hydrogens is 374 g/mol. The number of amides is 2. The lowest BCUT2D eigenvalue weighted by Gasteiger charge is -2.17. The third-order valence-corrected chi connectivity index (χ3v) is 4.58. The number of nitrogens with zero attached hydrogens (tertiary/aromatic N) is 2. The molecule has 5 N–H and O–H groups in total. The Hall–Kier alpha value is -3.12. The van der Waals surface area contributed by atoms with Gasteiger partial charge in [0.1, 0.15) is 11.9 Å². The van der Waals surface area contributed by atoms with Crippen LogP contribution in [-0.2, 0) is 27.3 Å². The molecule has 9 heteroatoms. The number of nitrogens with two attached hydrogens (primary N) is 1. The van der Waals surface area contributed by atoms with Gasteiger partial charge in [0, 0.05) is 26.1 Å². The number of aryl methyl sites for hydroxylation is 1. The van der Waals surface area contributed by atoms with Crippen molar-refractivity contribution in [3.63, 3.8) is 0 Å². The topological polar surface area (TPSA) is 138 Å². The summed E-state index contributed by atoms with van der Waals surface area (Å²) in [7, 11) is 0. The predicted octanol–water partition coefficient (Wildman–Crippen LogP) is 0.0999. The number of aromatic nitrogens is 1. The van der Waals surface area contributed by atoms with Gasteiger partial charge in [0.15, 0.2) is 0 Å². The van der Waals surface area contributed by atoms with E-state index in [4.69, 9.17) is 17.3 Å². The van der Waals surface area contributed by atoms with Crippen molar-refractivity contribution in [3.8, 4) is 12.3 Å². The molecule has 0 spiro atoms. The average molecular weight is 401 g/mol. The van der Waals surface area contributed by atoms with E-state index in [1.165, 1.54) is 16.9 Å². The molecule has 0 radical (unpaired) electrons. The number of aliphatic carboxylic acids is 1. The summed E-state index contributed by atoms with van der Waals surface area (Å²) in [6.45, 7) is 2.06. The van der Waals surface area contributed by atoms with Crippen molar-refractivity contribution in [2.75, 3.05) is 25.0 Å². The summed E-state index contributed by atoms with van der Waals surface area (Å²) in [6.07, 6.45) is 8.33. The largest absolute Gasteiger partial charge is 0.481 e. The van der Waals surface area contributed by atoms with Gasteiger partial charge < -0.3 is 26.4 Å². The number of hydrogen-bond donors (Lipinski definition) is 4. The quantitative estimate of drug-likeness (QED) is 0.496. The van der Waals surface area contributed by atoms with Crippen LogP contribution in [0.4, 0.5) is 5.82 Å². The molecule has 156 valence electrons. The van der Waals surface area contributed by atoms with Gasteiger partial charge in [0.2, 0.25) is 11.8 Å². The molecule has 1 fully saturated rings. The minimum absolute atomic E-state index is 0.0589. The first-order valence-electron chi connectivity index (χ1n) is 9.60. The molecule has 1 saturated heterocycles. The van der Waals surface area contributed by atoms with Crippen LogP contribution in [0.5, 0.6) is 0 Å². The monoisotopic (exact) mass is 401 g/mol. The first kappa shape index (κ1) is 22.2. The van der Waals surface area contributed by atoms with Crippen molar-refractivity contribution in [2.45, 2.75) is 44.7 Å². The number of hydrogen-bond acceptors (Lipinski definition) is 6. The van der Waals surface area contributed by atoms with Crippen molar-refractivity contribution in [2.24, 2.45) is 5.73 Å². The zero-order chi connectivity index (χ0) is 21.2. The normalized spacial score (nSPS) is 15.9. The van der Waals surface area contributed by atoms with Gasteiger partial charge >= 0.3 is 5.97 Å². The van der Waals surface area contributed by atoms with Crippen LogP contribution < -0.4 is 16.4 Å². The number of pyridine rings is 1. The summed E-state index contributed by atoms with van der Waals surface area (Å²) < 4.78 is 0. The van der Waals surface area contributed by atoms with Crippen molar-refractivity contribution in [3.05, 3.63) is 23.4 Å². The van der Waals surface area contributed by atoms with E-state index < -0.39 is 17.9 Å². The average Bonchev–Trinajstić information content (AvgIpc) is 3.11. The van der Waals surface area contributed by atoms with E-state index in [1.807, 2.05) is 6.07 Å². The number of terminal acetylenes is 1. The molecule has 29 heavy (non-hydrogen) atoms. The highest BCUT2D eigenvalue weighted by atomic mass is 16.4. The lowest BCUT2D eigenvalue weighted by Crippen LogP contribution is -2.42. The van der Waals surface area contributed by atoms with Gasteiger partial charge in [-0.1, -0.05) is 12.0 Å². The van der Waals surface area contributed by atoms with E-state index in [-0.39, 0.29) is 18.9 Å². The first-order chi connectivity index (χ1) is 13.9. The van der Waals surface area contributed by atoms with Crippen LogP contribution in [-0.4, -0.2) is 58.5 Å². The summed E-state index contributed by atoms with van der Waals surface area (Å²) in [5.74, 6) is 1.65. The number of carbonyl (C=O) groups excluding carboxylic acids is 2. The molecule has 2 aliphatic heterocycles. The summed E-state index contributed by atoms with van der Waals surface area (Å²) in [5.41, 5.74) is 7.77. The van der Waals surface area contributed by atoms with Gasteiger partial charge in [-0.15, -0.1) is 6.42 Å². The lowest BCUT2D eigenvalue weighted by molar-refractivity contribution is -0.138. The molecule has 2 aliphatic rings. The molecule has 1 atom stereocenters. The number of carbonyl (C=O) groups is 3. The van der Waals surface area contributed by atoms with E-state index >= 15 is 0 Å². The van der Waals surface area contributed by atoms with Crippen LogP contribution in [0.3, 0.4) is 0 Å². The maximum absolute atomic E-state index is 11.5. The zero-order valence-electron chi connectivity index (χ0n) is 16.3. The number of fused-ring (bicyclic) bond motifs is 1. The number of carboxylic acids is 1. The maximum atomic E-state index is 11.5. The Morgan fingerprint density at radius 3 is 2.79 bits per heavy atom. The Bertz CT molecular complexity index is 790. The van der Waals surface area contributed by atoms with Gasteiger partial charge in [-0.25, -0.2) is 4.98 Å². The number of anilines is 1. The van der Waals surface area contributed by atoms with E-state index in [0.29, 0.717) is 19.5 Å². The lowest BCUT2D eigenvalue weighted by atomic mass is 10.1. The molecule has 2 amide bonds. The van der Waals surface area contributed by atoms with Gasteiger partial charge in [0.25, 0.3) is 0 Å². The Morgan fingerprint density at radius 1 is 1.38 bits per heavy atom. The van der Waals surface area contributed by atoms with Crippen molar-refractivity contribution in [1.29, 1.82) is 0 Å². The van der Waals surface area contributed by atoms with E-state index in [0.717, 1.165) is 30.9 Å². The van der Waals surface area contributed by atoms with E-state index in [1.54, 1.807) is 0 Å². The van der Waals surface area contributed by atoms with Gasteiger partial charge in [-0.2, -0.15) is 0 Å². The fourth-order valence-corrected chi connectivity index (χ4v) is 3.09. The number of carboxylic acid groups (broad SMARTS) is 1. The smallest absolute Gasteiger partial charge is 0.306 e. The molecule has 0 aromatic carbocycles. The standard InChI is InChI=1S/C11H14N2O4.C9H13N3/c1-2-8(6-11(16)17)12-9(14)7-13-5-3-4-10(13)15;10-6-8-4-3-7-2-1-5-11-9(7)12-8/h1,8H,3-7H2,(H,12,14)(H,16,17);3-4H,1-2,5-6,10H2,(H,11,12)/t8-;/m1./s1. The highest BCUT2D eigenvalue weighted by molar-refractivity contribution is 5.86. The van der Waals surface area contributed by atoms with Gasteiger partial charge in [0.05, 0.1) is 18.7 Å². The van der Waals surface area contributed by atoms with Crippen LogP contribution in [0.2, 0.25) is 0 Å². The SMILES string of the molecule is C#C[C@H](CC(=O)O)NC(=O)CN1CCCC1=O.NCc1ccc2c(n1)NCCC2. The summed E-state index contributed by atoms with van der Waals surface area (Å²) >= 11 is 0. The molecule has 9 nitrogen and oxygen atoms in total. The Balaban J connectivity index is 0.000000218. The second-order valence-corrected chi connectivity index (χ2v) is 6.85. The Morgan fingerprint density at radius 2 is 2.17 bits per heavy atom. The van der Waals surface area contributed by atoms with E-state index in [2.05, 4.69) is 27.6 Å². The molecule has 3 rings (SSSR count). The molecule has 0 saturated carbocycles. The number of rotatable bonds is 6. The molecular formula is C20H27N5O4. The Kier molecular flexibility index (Phi) is 8.43. The zero-order valence-corrected chi connectivity index (χ0v) is 16.3. The van der Waals surface area contributed by atoms with Gasteiger partial charge in [-0.05, 0) is 30.9 Å². The molecule has 0 aliphatic carbocycles. The summed E-state index contributed by atoms with van der Waals surface area (Å²) in [6, 6.07) is 3.29. The minimum Gasteiger partial charge on any atom is -0.481 e. The molecule has 3 heterocycles. The third-order valence-electron chi connectivity index (χ3n) is 4.58. The summed E-state index contributed by atoms with van der Waals surface area (Å²) in [5, 5.41) is 14.2. The molecule has 1 aromatic rings. The van der Waals surface area contributed by atoms with E-state index in [9.17, 15) is 14.4 Å². The highest BCUT2D eigenvalue weighted by Gasteiger charge is 2.23. The molecule has 1 aromatic heterocycles. The van der Waals surface area contributed by atoms with Crippen molar-refractivity contribution < 1.29 is 19.5 Å². The fraction of sp³-hybridized carbons (Fsp3) is 0.500. The second kappa shape index (κ2) is 11.0. The third kappa shape index (κ3) is 7.08. The number of likely N-dealkylation sites (tertiary alicyclic amines) is 1. The molecule has 0 bridgehead atoms. The second-order valence-electron chi connectivity index (χ2n) is 6.85. The number of nitrogens with one attached hydrogen (secondary N) is 2. The molecule has 0 unspecified atom stereocenters.